The molecule has 0 bridgehead atoms. The Kier molecular flexibility index (Phi) is 2.27. The van der Waals surface area contributed by atoms with Crippen LogP contribution in [0, 0.1) is 19.3 Å². The van der Waals surface area contributed by atoms with Crippen molar-refractivity contribution in [3.05, 3.63) is 11.6 Å². The van der Waals surface area contributed by atoms with Crippen molar-refractivity contribution in [2.45, 2.75) is 26.2 Å². The van der Waals surface area contributed by atoms with Crippen LogP contribution in [0.25, 0.3) is 0 Å². The summed E-state index contributed by atoms with van der Waals surface area (Å²) in [6.45, 7) is 3.88. The molecule has 11 heavy (non-hydrogen) atoms. The van der Waals surface area contributed by atoms with E-state index in [4.69, 9.17) is 6.42 Å². The molecule has 0 fully saturated rings. The summed E-state index contributed by atoms with van der Waals surface area (Å²) in [5.74, 6) is 4.51. The molecule has 1 N–H and O–H groups in total. The Morgan fingerprint density at radius 2 is 2.45 bits per heavy atom. The lowest BCUT2D eigenvalue weighted by atomic mass is 10.1. The number of H-pyrrole nitrogens is 1. The van der Waals surface area contributed by atoms with Gasteiger partial charge in [-0.25, -0.2) is 4.98 Å². The molecule has 0 saturated heterocycles. The first kappa shape index (κ1) is 7.80. The van der Waals surface area contributed by atoms with E-state index in [0.29, 0.717) is 6.42 Å². The van der Waals surface area contributed by atoms with E-state index in [2.05, 4.69) is 21.1 Å². The van der Waals surface area contributed by atoms with Crippen LogP contribution in [-0.4, -0.2) is 15.2 Å². The zero-order valence-corrected chi connectivity index (χ0v) is 6.76. The van der Waals surface area contributed by atoms with Crippen LogP contribution < -0.4 is 0 Å². The smallest absolute Gasteiger partial charge is 0.147 e. The molecule has 0 amide bonds. The molecule has 1 rings (SSSR count). The van der Waals surface area contributed by atoms with Gasteiger partial charge in [0.05, 0.1) is 0 Å². The number of nitrogens with one attached hydrogen (secondary N) is 1. The summed E-state index contributed by atoms with van der Waals surface area (Å²) in [5.41, 5.74) is 0. The zero-order valence-electron chi connectivity index (χ0n) is 6.76. The molecule has 1 aromatic rings. The van der Waals surface area contributed by atoms with E-state index in [1.165, 1.54) is 0 Å². The Hall–Kier alpha value is -1.30. The maximum absolute atomic E-state index is 5.16. The van der Waals surface area contributed by atoms with Crippen LogP contribution in [0.3, 0.4) is 0 Å². The highest BCUT2D eigenvalue weighted by Gasteiger charge is 2.07. The van der Waals surface area contributed by atoms with Crippen LogP contribution in [0.1, 0.15) is 30.9 Å². The van der Waals surface area contributed by atoms with Gasteiger partial charge < -0.3 is 0 Å². The topological polar surface area (TPSA) is 41.6 Å². The second-order valence-electron chi connectivity index (χ2n) is 2.58. The first-order chi connectivity index (χ1) is 5.24. The monoisotopic (exact) mass is 149 g/mol. The number of aromatic amines is 1. The van der Waals surface area contributed by atoms with Crippen molar-refractivity contribution in [1.29, 1.82) is 0 Å². The van der Waals surface area contributed by atoms with Crippen LogP contribution in [0.4, 0.5) is 0 Å². The van der Waals surface area contributed by atoms with E-state index in [9.17, 15) is 0 Å². The predicted molar refractivity (Wildman–Crippen MR) is 43.0 cm³/mol. The van der Waals surface area contributed by atoms with Gasteiger partial charge in [-0.15, -0.1) is 12.3 Å². The Morgan fingerprint density at radius 1 is 1.73 bits per heavy atom. The molecule has 1 unspecified atom stereocenters. The standard InChI is InChI=1S/C8H11N3/c1-4-5-6(2)8-9-7(3)10-11-8/h1,6H,5H2,2-3H3,(H,9,10,11). The highest BCUT2D eigenvalue weighted by Crippen LogP contribution is 2.12. The summed E-state index contributed by atoms with van der Waals surface area (Å²) in [7, 11) is 0. The third kappa shape index (κ3) is 1.81. The minimum atomic E-state index is 0.279. The van der Waals surface area contributed by atoms with Crippen molar-refractivity contribution in [3.8, 4) is 12.3 Å². The fourth-order valence-corrected chi connectivity index (χ4v) is 0.856. The van der Waals surface area contributed by atoms with Crippen molar-refractivity contribution in [1.82, 2.24) is 15.2 Å². The Morgan fingerprint density at radius 3 is 2.91 bits per heavy atom. The maximum atomic E-state index is 5.16. The average Bonchev–Trinajstić information content (AvgIpc) is 2.36. The number of hydrogen-bond donors (Lipinski definition) is 1. The van der Waals surface area contributed by atoms with Gasteiger partial charge in [0.25, 0.3) is 0 Å². The second kappa shape index (κ2) is 3.20. The minimum Gasteiger partial charge on any atom is -0.263 e. The highest BCUT2D eigenvalue weighted by molar-refractivity contribution is 5.00. The number of terminal acetylenes is 1. The average molecular weight is 149 g/mol. The molecule has 0 aliphatic heterocycles. The van der Waals surface area contributed by atoms with Crippen molar-refractivity contribution < 1.29 is 0 Å². The Bertz CT molecular complexity index is 269. The highest BCUT2D eigenvalue weighted by atomic mass is 15.2. The summed E-state index contributed by atoms with van der Waals surface area (Å²) in [5, 5.41) is 6.75. The third-order valence-corrected chi connectivity index (χ3v) is 1.51. The summed E-state index contributed by atoms with van der Waals surface area (Å²) in [6, 6.07) is 0. The fourth-order valence-electron chi connectivity index (χ4n) is 0.856. The normalized spacial score (nSPS) is 12.5. The zero-order chi connectivity index (χ0) is 8.27. The van der Waals surface area contributed by atoms with E-state index in [-0.39, 0.29) is 5.92 Å². The van der Waals surface area contributed by atoms with Gasteiger partial charge >= 0.3 is 0 Å². The van der Waals surface area contributed by atoms with Crippen molar-refractivity contribution >= 4 is 0 Å². The van der Waals surface area contributed by atoms with Gasteiger partial charge in [0.1, 0.15) is 11.6 Å². The molecule has 0 aliphatic rings. The number of hydrogen-bond acceptors (Lipinski definition) is 2. The molecular weight excluding hydrogens is 138 g/mol. The molecule has 1 heterocycles. The molecular formula is C8H11N3. The van der Waals surface area contributed by atoms with E-state index >= 15 is 0 Å². The van der Waals surface area contributed by atoms with Gasteiger partial charge in [-0.2, -0.15) is 5.10 Å². The number of rotatable bonds is 2. The van der Waals surface area contributed by atoms with Gasteiger partial charge in [-0.05, 0) is 6.92 Å². The lowest BCUT2D eigenvalue weighted by Crippen LogP contribution is -1.94. The van der Waals surface area contributed by atoms with Crippen molar-refractivity contribution in [3.63, 3.8) is 0 Å². The van der Waals surface area contributed by atoms with E-state index < -0.39 is 0 Å². The maximum Gasteiger partial charge on any atom is 0.147 e. The number of aryl methyl sites for hydroxylation is 1. The van der Waals surface area contributed by atoms with Crippen molar-refractivity contribution in [2.24, 2.45) is 0 Å². The summed E-state index contributed by atoms with van der Waals surface area (Å²) in [4.78, 5) is 4.17. The molecule has 1 atom stereocenters. The minimum absolute atomic E-state index is 0.279. The summed E-state index contributed by atoms with van der Waals surface area (Å²) in [6.07, 6.45) is 5.86. The van der Waals surface area contributed by atoms with Gasteiger partial charge in [-0.3, -0.25) is 5.10 Å². The molecule has 0 radical (unpaired) electrons. The van der Waals surface area contributed by atoms with Gasteiger partial charge in [0, 0.05) is 12.3 Å². The van der Waals surface area contributed by atoms with Crippen molar-refractivity contribution in [2.75, 3.05) is 0 Å². The lowest BCUT2D eigenvalue weighted by molar-refractivity contribution is 0.729. The van der Waals surface area contributed by atoms with Gasteiger partial charge in [0.15, 0.2) is 0 Å². The molecule has 0 saturated carbocycles. The van der Waals surface area contributed by atoms with E-state index in [0.717, 1.165) is 11.6 Å². The van der Waals surface area contributed by atoms with Crippen LogP contribution in [0.15, 0.2) is 0 Å². The summed E-state index contributed by atoms with van der Waals surface area (Å²) < 4.78 is 0. The lowest BCUT2D eigenvalue weighted by Gasteiger charge is -2.00. The second-order valence-corrected chi connectivity index (χ2v) is 2.58. The van der Waals surface area contributed by atoms with Gasteiger partial charge in [-0.1, -0.05) is 6.92 Å². The third-order valence-electron chi connectivity index (χ3n) is 1.51. The number of aromatic nitrogens is 3. The van der Waals surface area contributed by atoms with E-state index in [1.54, 1.807) is 0 Å². The van der Waals surface area contributed by atoms with E-state index in [1.807, 2.05) is 13.8 Å². The fraction of sp³-hybridized carbons (Fsp3) is 0.500. The molecule has 3 nitrogen and oxygen atoms in total. The predicted octanol–water partition coefficient (Wildman–Crippen LogP) is 1.24. The first-order valence-electron chi connectivity index (χ1n) is 3.56. The molecule has 0 aromatic carbocycles. The Labute approximate surface area is 66.2 Å². The molecule has 0 spiro atoms. The molecule has 0 aliphatic carbocycles. The quantitative estimate of drug-likeness (QED) is 0.643. The van der Waals surface area contributed by atoms with Crippen LogP contribution in [0.2, 0.25) is 0 Å². The van der Waals surface area contributed by atoms with Crippen LogP contribution in [0.5, 0.6) is 0 Å². The SMILES string of the molecule is C#CCC(C)c1nc(C)n[nH]1. The Balaban J connectivity index is 2.70. The van der Waals surface area contributed by atoms with Crippen LogP contribution >= 0.6 is 0 Å². The number of nitrogens with zero attached hydrogens (tertiary/aromatic N) is 2. The first-order valence-corrected chi connectivity index (χ1v) is 3.56. The summed E-state index contributed by atoms with van der Waals surface area (Å²) >= 11 is 0. The van der Waals surface area contributed by atoms with Gasteiger partial charge in [0.2, 0.25) is 0 Å². The van der Waals surface area contributed by atoms with Crippen LogP contribution in [-0.2, 0) is 0 Å². The molecule has 58 valence electrons. The largest absolute Gasteiger partial charge is 0.263 e. The molecule has 1 aromatic heterocycles. The molecule has 3 heteroatoms.